The molecule has 8 heteroatoms. The number of hydrogen-bond donors (Lipinski definition) is 0. The molecular weight excluding hydrogens is 274 g/mol. The Bertz CT molecular complexity index is 804. The Hall–Kier alpha value is -2.09. The molecule has 0 unspecified atom stereocenters. The number of nitrogens with zero attached hydrogens (tertiary/aromatic N) is 4. The largest absolute Gasteiger partial charge is 0.335 e. The second kappa shape index (κ2) is 4.23. The van der Waals surface area contributed by atoms with E-state index in [1.165, 1.54) is 9.13 Å². The maximum atomic E-state index is 12.5. The SMILES string of the molecule is Cn1c(=O)n(-c2nnc(C(F)F)s2)c2ccccc21. The summed E-state index contributed by atoms with van der Waals surface area (Å²) in [6.45, 7) is 0. The minimum atomic E-state index is -2.68. The number of imidazole rings is 1. The number of para-hydroxylation sites is 2. The summed E-state index contributed by atoms with van der Waals surface area (Å²) >= 11 is 0.714. The van der Waals surface area contributed by atoms with Gasteiger partial charge in [0.05, 0.1) is 11.0 Å². The van der Waals surface area contributed by atoms with Crippen molar-refractivity contribution in [3.8, 4) is 5.13 Å². The van der Waals surface area contributed by atoms with Crippen LogP contribution in [0.5, 0.6) is 0 Å². The van der Waals surface area contributed by atoms with E-state index in [-0.39, 0.29) is 10.8 Å². The number of aromatic nitrogens is 4. The van der Waals surface area contributed by atoms with E-state index in [1.54, 1.807) is 31.3 Å². The lowest BCUT2D eigenvalue weighted by Gasteiger charge is -1.95. The molecular formula is C11H8F2N4OS. The van der Waals surface area contributed by atoms with Crippen LogP contribution >= 0.6 is 11.3 Å². The van der Waals surface area contributed by atoms with Crippen molar-refractivity contribution in [2.24, 2.45) is 7.05 Å². The molecule has 0 spiro atoms. The van der Waals surface area contributed by atoms with Crippen LogP contribution in [-0.4, -0.2) is 19.3 Å². The highest BCUT2D eigenvalue weighted by molar-refractivity contribution is 7.13. The standard InChI is InChI=1S/C11H8F2N4OS/c1-16-6-4-2-3-5-7(6)17(11(16)18)10-15-14-9(19-10)8(12)13/h2-5,8H,1H3. The molecule has 1 aromatic carbocycles. The highest BCUT2D eigenvalue weighted by atomic mass is 32.1. The number of rotatable bonds is 2. The first kappa shape index (κ1) is 12.0. The number of aryl methyl sites for hydroxylation is 1. The van der Waals surface area contributed by atoms with E-state index in [2.05, 4.69) is 10.2 Å². The maximum absolute atomic E-state index is 12.5. The van der Waals surface area contributed by atoms with Gasteiger partial charge in [-0.25, -0.2) is 18.1 Å². The summed E-state index contributed by atoms with van der Waals surface area (Å²) < 4.78 is 27.8. The van der Waals surface area contributed by atoms with E-state index in [4.69, 9.17) is 0 Å². The summed E-state index contributed by atoms with van der Waals surface area (Å²) in [5, 5.41) is 6.83. The first-order valence-electron chi connectivity index (χ1n) is 5.38. The number of alkyl halides is 2. The van der Waals surface area contributed by atoms with Crippen LogP contribution in [0.25, 0.3) is 16.2 Å². The Labute approximate surface area is 109 Å². The summed E-state index contributed by atoms with van der Waals surface area (Å²) in [6, 6.07) is 7.09. The molecule has 3 aromatic rings. The van der Waals surface area contributed by atoms with Gasteiger partial charge in [0.2, 0.25) is 5.13 Å². The van der Waals surface area contributed by atoms with Gasteiger partial charge in [0.25, 0.3) is 6.43 Å². The van der Waals surface area contributed by atoms with E-state index in [9.17, 15) is 13.6 Å². The van der Waals surface area contributed by atoms with Crippen LogP contribution in [0.1, 0.15) is 11.4 Å². The lowest BCUT2D eigenvalue weighted by Crippen LogP contribution is -2.20. The molecule has 0 N–H and O–H groups in total. The molecule has 0 aliphatic heterocycles. The van der Waals surface area contributed by atoms with Gasteiger partial charge < -0.3 is 0 Å². The molecule has 2 aromatic heterocycles. The van der Waals surface area contributed by atoms with Crippen LogP contribution in [0.4, 0.5) is 8.78 Å². The lowest BCUT2D eigenvalue weighted by molar-refractivity contribution is 0.150. The third kappa shape index (κ3) is 1.75. The lowest BCUT2D eigenvalue weighted by atomic mass is 10.3. The second-order valence-electron chi connectivity index (χ2n) is 3.89. The van der Waals surface area contributed by atoms with Crippen LogP contribution < -0.4 is 5.69 Å². The number of hydrogen-bond acceptors (Lipinski definition) is 4. The molecule has 0 fully saturated rings. The molecule has 2 heterocycles. The fourth-order valence-electron chi connectivity index (χ4n) is 1.88. The van der Waals surface area contributed by atoms with Crippen molar-refractivity contribution >= 4 is 22.4 Å². The van der Waals surface area contributed by atoms with Crippen LogP contribution in [0.3, 0.4) is 0 Å². The van der Waals surface area contributed by atoms with Crippen LogP contribution in [0.15, 0.2) is 29.1 Å². The van der Waals surface area contributed by atoms with Crippen molar-refractivity contribution in [1.29, 1.82) is 0 Å². The Kier molecular flexibility index (Phi) is 2.67. The minimum Gasteiger partial charge on any atom is -0.295 e. The molecule has 19 heavy (non-hydrogen) atoms. The van der Waals surface area contributed by atoms with E-state index in [0.29, 0.717) is 22.4 Å². The van der Waals surface area contributed by atoms with Crippen LogP contribution in [-0.2, 0) is 7.05 Å². The van der Waals surface area contributed by atoms with Crippen LogP contribution in [0.2, 0.25) is 0 Å². The fourth-order valence-corrected chi connectivity index (χ4v) is 2.59. The molecule has 98 valence electrons. The van der Waals surface area contributed by atoms with E-state index in [0.717, 1.165) is 0 Å². The normalized spacial score (nSPS) is 11.6. The Morgan fingerprint density at radius 3 is 2.53 bits per heavy atom. The van der Waals surface area contributed by atoms with Crippen molar-refractivity contribution in [3.63, 3.8) is 0 Å². The molecule has 0 amide bonds. The average Bonchev–Trinajstić information content (AvgIpc) is 2.96. The molecule has 0 aliphatic rings. The number of fused-ring (bicyclic) bond motifs is 1. The van der Waals surface area contributed by atoms with Crippen LogP contribution in [0, 0.1) is 0 Å². The van der Waals surface area contributed by atoms with Crippen molar-refractivity contribution in [1.82, 2.24) is 19.3 Å². The van der Waals surface area contributed by atoms with Crippen molar-refractivity contribution < 1.29 is 8.78 Å². The van der Waals surface area contributed by atoms with Crippen molar-refractivity contribution in [3.05, 3.63) is 39.8 Å². The van der Waals surface area contributed by atoms with Gasteiger partial charge in [-0.15, -0.1) is 10.2 Å². The van der Waals surface area contributed by atoms with Crippen molar-refractivity contribution in [2.45, 2.75) is 6.43 Å². The second-order valence-corrected chi connectivity index (χ2v) is 4.88. The van der Waals surface area contributed by atoms with Gasteiger partial charge in [-0.3, -0.25) is 4.57 Å². The zero-order chi connectivity index (χ0) is 13.6. The predicted octanol–water partition coefficient (Wildman–Crippen LogP) is 2.12. The van der Waals surface area contributed by atoms with Gasteiger partial charge in [0.15, 0.2) is 5.01 Å². The molecule has 0 aliphatic carbocycles. The third-order valence-electron chi connectivity index (χ3n) is 2.77. The molecule has 0 atom stereocenters. The van der Waals surface area contributed by atoms with Gasteiger partial charge in [-0.2, -0.15) is 0 Å². The summed E-state index contributed by atoms with van der Waals surface area (Å²) in [4.78, 5) is 12.1. The topological polar surface area (TPSA) is 52.7 Å². The molecule has 0 radical (unpaired) electrons. The van der Waals surface area contributed by atoms with Crippen molar-refractivity contribution in [2.75, 3.05) is 0 Å². The van der Waals surface area contributed by atoms with Gasteiger partial charge in [-0.05, 0) is 12.1 Å². The Balaban J connectivity index is 2.30. The monoisotopic (exact) mass is 282 g/mol. The van der Waals surface area contributed by atoms with Gasteiger partial charge in [-0.1, -0.05) is 23.5 Å². The molecule has 0 saturated heterocycles. The highest BCUT2D eigenvalue weighted by Crippen LogP contribution is 2.25. The summed E-state index contributed by atoms with van der Waals surface area (Å²) in [6.07, 6.45) is -2.68. The first-order chi connectivity index (χ1) is 9.09. The smallest absolute Gasteiger partial charge is 0.295 e. The fraction of sp³-hybridized carbons (Fsp3) is 0.182. The molecule has 5 nitrogen and oxygen atoms in total. The molecule has 3 rings (SSSR count). The van der Waals surface area contributed by atoms with Gasteiger partial charge >= 0.3 is 5.69 Å². The first-order valence-corrected chi connectivity index (χ1v) is 6.19. The summed E-state index contributed by atoms with van der Waals surface area (Å²) in [7, 11) is 1.62. The number of halogens is 2. The average molecular weight is 282 g/mol. The predicted molar refractivity (Wildman–Crippen MR) is 66.9 cm³/mol. The van der Waals surface area contributed by atoms with E-state index < -0.39 is 11.4 Å². The quantitative estimate of drug-likeness (QED) is 0.723. The minimum absolute atomic E-state index is 0.150. The Morgan fingerprint density at radius 1 is 1.21 bits per heavy atom. The summed E-state index contributed by atoms with van der Waals surface area (Å²) in [5.74, 6) is 0. The van der Waals surface area contributed by atoms with E-state index in [1.807, 2.05) is 0 Å². The van der Waals surface area contributed by atoms with Gasteiger partial charge in [0, 0.05) is 7.05 Å². The number of benzene rings is 1. The molecule has 0 saturated carbocycles. The summed E-state index contributed by atoms with van der Waals surface area (Å²) in [5.41, 5.74) is 0.992. The third-order valence-corrected chi connectivity index (χ3v) is 3.69. The van der Waals surface area contributed by atoms with E-state index >= 15 is 0 Å². The molecule has 0 bridgehead atoms. The highest BCUT2D eigenvalue weighted by Gasteiger charge is 2.19. The zero-order valence-corrected chi connectivity index (χ0v) is 10.6. The van der Waals surface area contributed by atoms with Gasteiger partial charge in [0.1, 0.15) is 0 Å². The maximum Gasteiger partial charge on any atom is 0.335 e. The Morgan fingerprint density at radius 2 is 1.89 bits per heavy atom. The zero-order valence-electron chi connectivity index (χ0n) is 9.75.